The molecular formula is C22H20N6O3. The number of rotatable bonds is 6. The van der Waals surface area contributed by atoms with Crippen molar-refractivity contribution < 1.29 is 14.3 Å². The second-order valence-electron chi connectivity index (χ2n) is 6.90. The molecule has 31 heavy (non-hydrogen) atoms. The van der Waals surface area contributed by atoms with Crippen molar-refractivity contribution in [2.24, 2.45) is 5.73 Å². The van der Waals surface area contributed by atoms with Gasteiger partial charge in [-0.05, 0) is 29.3 Å². The summed E-state index contributed by atoms with van der Waals surface area (Å²) in [4.78, 5) is 22.7. The number of benzene rings is 2. The Labute approximate surface area is 179 Å². The van der Waals surface area contributed by atoms with Crippen LogP contribution in [0.1, 0.15) is 27.0 Å². The maximum Gasteiger partial charge on any atom is 0.254 e. The largest absolute Gasteiger partial charge is 0.497 e. The number of nitrogens with one attached hydrogen (secondary N) is 1. The van der Waals surface area contributed by atoms with Crippen LogP contribution in [0.25, 0.3) is 0 Å². The summed E-state index contributed by atoms with van der Waals surface area (Å²) >= 11 is 0. The molecule has 0 unspecified atom stereocenters. The smallest absolute Gasteiger partial charge is 0.254 e. The zero-order valence-corrected chi connectivity index (χ0v) is 17.0. The van der Waals surface area contributed by atoms with Crippen molar-refractivity contribution in [3.8, 4) is 17.6 Å². The van der Waals surface area contributed by atoms with E-state index in [0.717, 1.165) is 11.1 Å². The molecule has 2 aromatic carbocycles. The maximum atomic E-state index is 12.0. The Bertz CT molecular complexity index is 1200. The van der Waals surface area contributed by atoms with Gasteiger partial charge in [0.15, 0.2) is 0 Å². The zero-order valence-electron chi connectivity index (χ0n) is 17.0. The highest BCUT2D eigenvalue weighted by Crippen LogP contribution is 2.33. The second kappa shape index (κ2) is 8.20. The maximum absolute atomic E-state index is 12.0. The molecule has 0 spiro atoms. The van der Waals surface area contributed by atoms with E-state index >= 15 is 0 Å². The highest BCUT2D eigenvalue weighted by molar-refractivity contribution is 5.97. The molecule has 0 saturated heterocycles. The van der Waals surface area contributed by atoms with Gasteiger partial charge in [-0.15, -0.1) is 0 Å². The molecule has 0 bridgehead atoms. The molecule has 0 radical (unpaired) electrons. The molecule has 0 atom stereocenters. The van der Waals surface area contributed by atoms with E-state index in [0.29, 0.717) is 41.7 Å². The average molecular weight is 416 g/mol. The van der Waals surface area contributed by atoms with E-state index in [-0.39, 0.29) is 11.5 Å². The number of ether oxygens (including phenoxy) is 2. The number of carbonyl (C=O) groups excluding carboxylic acids is 1. The molecule has 0 fully saturated rings. The van der Waals surface area contributed by atoms with E-state index in [1.54, 1.807) is 38.5 Å². The molecule has 3 N–H and O–H groups in total. The lowest BCUT2D eigenvalue weighted by Crippen LogP contribution is -2.23. The van der Waals surface area contributed by atoms with Crippen LogP contribution >= 0.6 is 0 Å². The lowest BCUT2D eigenvalue weighted by molar-refractivity contribution is 0.1000. The number of fused-ring (bicyclic) bond motifs is 1. The third kappa shape index (κ3) is 3.79. The number of hydrogen-bond donors (Lipinski definition) is 2. The Hall–Kier alpha value is -4.32. The number of primary amides is 1. The van der Waals surface area contributed by atoms with Crippen molar-refractivity contribution in [3.05, 3.63) is 64.8 Å². The molecular weight excluding hydrogens is 396 g/mol. The van der Waals surface area contributed by atoms with Gasteiger partial charge < -0.3 is 25.4 Å². The monoisotopic (exact) mass is 416 g/mol. The zero-order chi connectivity index (χ0) is 22.0. The Morgan fingerprint density at radius 1 is 1.23 bits per heavy atom. The third-order valence-corrected chi connectivity index (χ3v) is 5.09. The molecule has 1 aliphatic rings. The van der Waals surface area contributed by atoms with Crippen LogP contribution in [0, 0.1) is 11.3 Å². The minimum Gasteiger partial charge on any atom is -0.497 e. The van der Waals surface area contributed by atoms with Gasteiger partial charge in [0.25, 0.3) is 5.91 Å². The van der Waals surface area contributed by atoms with Crippen molar-refractivity contribution in [2.75, 3.05) is 24.4 Å². The van der Waals surface area contributed by atoms with Crippen LogP contribution in [0.4, 0.5) is 17.5 Å². The van der Waals surface area contributed by atoms with Gasteiger partial charge in [-0.25, -0.2) is 4.98 Å². The predicted molar refractivity (Wildman–Crippen MR) is 114 cm³/mol. The fourth-order valence-corrected chi connectivity index (χ4v) is 3.55. The molecule has 0 saturated carbocycles. The van der Waals surface area contributed by atoms with Gasteiger partial charge in [0, 0.05) is 25.4 Å². The van der Waals surface area contributed by atoms with Gasteiger partial charge in [-0.1, -0.05) is 12.1 Å². The van der Waals surface area contributed by atoms with E-state index in [1.807, 2.05) is 17.0 Å². The Morgan fingerprint density at radius 3 is 2.77 bits per heavy atom. The number of anilines is 3. The van der Waals surface area contributed by atoms with E-state index in [1.165, 1.54) is 6.20 Å². The minimum absolute atomic E-state index is 0.207. The first-order valence-corrected chi connectivity index (χ1v) is 9.45. The first-order valence-electron chi connectivity index (χ1n) is 9.45. The molecule has 3 aromatic rings. The highest BCUT2D eigenvalue weighted by atomic mass is 16.5. The molecule has 0 aliphatic carbocycles. The van der Waals surface area contributed by atoms with Gasteiger partial charge in [0.2, 0.25) is 5.95 Å². The van der Waals surface area contributed by atoms with Gasteiger partial charge in [0.1, 0.15) is 22.9 Å². The standard InChI is InChI=1S/C22H20N6O3/c1-30-15-6-7-18(19(8-15)31-2)26-22-25-10-16(20(24)29)21(27-22)28-11-14-5-3-4-13(9-23)17(14)12-28/h3-8,10H,11-12H2,1-2H3,(H2,24,29)(H,25,26,27). The number of aromatic nitrogens is 2. The molecule has 1 aromatic heterocycles. The molecule has 4 rings (SSSR count). The van der Waals surface area contributed by atoms with Crippen LogP contribution in [0.2, 0.25) is 0 Å². The average Bonchev–Trinajstić information content (AvgIpc) is 3.23. The van der Waals surface area contributed by atoms with Gasteiger partial charge in [-0.2, -0.15) is 10.2 Å². The first-order chi connectivity index (χ1) is 15.0. The van der Waals surface area contributed by atoms with Crippen molar-refractivity contribution in [1.29, 1.82) is 5.26 Å². The highest BCUT2D eigenvalue weighted by Gasteiger charge is 2.26. The number of nitrogens with two attached hydrogens (primary N) is 1. The summed E-state index contributed by atoms with van der Waals surface area (Å²) < 4.78 is 10.6. The second-order valence-corrected chi connectivity index (χ2v) is 6.90. The van der Waals surface area contributed by atoms with E-state index in [9.17, 15) is 10.1 Å². The Kier molecular flexibility index (Phi) is 5.28. The Morgan fingerprint density at radius 2 is 2.06 bits per heavy atom. The Balaban J connectivity index is 1.69. The number of nitriles is 1. The molecule has 156 valence electrons. The van der Waals surface area contributed by atoms with Crippen LogP contribution in [-0.4, -0.2) is 30.1 Å². The summed E-state index contributed by atoms with van der Waals surface area (Å²) in [6.07, 6.45) is 1.40. The topological polar surface area (TPSA) is 126 Å². The van der Waals surface area contributed by atoms with Crippen molar-refractivity contribution in [3.63, 3.8) is 0 Å². The minimum atomic E-state index is -0.625. The number of methoxy groups -OCH3 is 2. The van der Waals surface area contributed by atoms with Crippen LogP contribution in [0.5, 0.6) is 11.5 Å². The third-order valence-electron chi connectivity index (χ3n) is 5.09. The molecule has 1 aliphatic heterocycles. The van der Waals surface area contributed by atoms with E-state index < -0.39 is 5.91 Å². The summed E-state index contributed by atoms with van der Waals surface area (Å²) in [7, 11) is 3.13. The summed E-state index contributed by atoms with van der Waals surface area (Å²) in [5, 5.41) is 12.5. The lowest BCUT2D eigenvalue weighted by atomic mass is 10.1. The summed E-state index contributed by atoms with van der Waals surface area (Å²) in [5.41, 5.74) is 8.96. The predicted octanol–water partition coefficient (Wildman–Crippen LogP) is 2.73. The molecule has 9 heteroatoms. The van der Waals surface area contributed by atoms with Crippen molar-refractivity contribution >= 4 is 23.4 Å². The van der Waals surface area contributed by atoms with Gasteiger partial charge in [0.05, 0.1) is 31.5 Å². The van der Waals surface area contributed by atoms with Crippen LogP contribution in [0.15, 0.2) is 42.6 Å². The van der Waals surface area contributed by atoms with Crippen molar-refractivity contribution in [2.45, 2.75) is 13.1 Å². The summed E-state index contributed by atoms with van der Waals surface area (Å²) in [6, 6.07) is 13.1. The molecule has 2 heterocycles. The number of carbonyl (C=O) groups is 1. The fraction of sp³-hybridized carbons (Fsp3) is 0.182. The molecule has 9 nitrogen and oxygen atoms in total. The normalized spacial score (nSPS) is 12.1. The molecule has 1 amide bonds. The number of hydrogen-bond acceptors (Lipinski definition) is 8. The van der Waals surface area contributed by atoms with Crippen LogP contribution in [0.3, 0.4) is 0 Å². The van der Waals surface area contributed by atoms with Crippen molar-refractivity contribution in [1.82, 2.24) is 9.97 Å². The SMILES string of the molecule is COc1ccc(Nc2ncc(C(N)=O)c(N3Cc4cccc(C#N)c4C3)n2)c(OC)c1. The van der Waals surface area contributed by atoms with Gasteiger partial charge in [-0.3, -0.25) is 4.79 Å². The lowest BCUT2D eigenvalue weighted by Gasteiger charge is -2.20. The quantitative estimate of drug-likeness (QED) is 0.628. The number of nitrogens with zero attached hydrogens (tertiary/aromatic N) is 4. The van der Waals surface area contributed by atoms with Crippen LogP contribution in [-0.2, 0) is 13.1 Å². The fourth-order valence-electron chi connectivity index (χ4n) is 3.55. The van der Waals surface area contributed by atoms with Crippen LogP contribution < -0.4 is 25.4 Å². The summed E-state index contributed by atoms with van der Waals surface area (Å²) in [6.45, 7) is 0.953. The number of amides is 1. The van der Waals surface area contributed by atoms with Gasteiger partial charge >= 0.3 is 0 Å². The summed E-state index contributed by atoms with van der Waals surface area (Å²) in [5.74, 6) is 1.25. The van der Waals surface area contributed by atoms with E-state index in [4.69, 9.17) is 15.2 Å². The first kappa shape index (κ1) is 20.0. The van der Waals surface area contributed by atoms with E-state index in [2.05, 4.69) is 21.4 Å².